The first kappa shape index (κ1) is 20.1. The molecule has 0 saturated carbocycles. The van der Waals surface area contributed by atoms with Crippen LogP contribution in [0.25, 0.3) is 0 Å². The van der Waals surface area contributed by atoms with Crippen LogP contribution in [-0.4, -0.2) is 18.4 Å². The minimum absolute atomic E-state index is 0.0684. The number of anilines is 2. The third-order valence-corrected chi connectivity index (χ3v) is 4.36. The first-order chi connectivity index (χ1) is 14.1. The molecule has 3 rings (SSSR count). The lowest BCUT2D eigenvalue weighted by molar-refractivity contribution is -0.118. The molecular formula is C24H24N2O3. The maximum Gasteiger partial charge on any atom is 0.262 e. The van der Waals surface area contributed by atoms with Crippen LogP contribution in [0.4, 0.5) is 11.4 Å². The van der Waals surface area contributed by atoms with Crippen molar-refractivity contribution in [1.82, 2.24) is 0 Å². The van der Waals surface area contributed by atoms with Crippen molar-refractivity contribution < 1.29 is 14.3 Å². The van der Waals surface area contributed by atoms with E-state index in [1.54, 1.807) is 24.3 Å². The highest BCUT2D eigenvalue weighted by Crippen LogP contribution is 2.15. The third-order valence-electron chi connectivity index (χ3n) is 4.36. The fraction of sp³-hybridized carbons (Fsp3) is 0.167. The van der Waals surface area contributed by atoms with Crippen LogP contribution >= 0.6 is 0 Å². The second-order valence-corrected chi connectivity index (χ2v) is 6.62. The van der Waals surface area contributed by atoms with Crippen molar-refractivity contribution >= 4 is 23.2 Å². The third kappa shape index (κ3) is 6.50. The standard InChI is InChI=1S/C24H24N2O3/c1-2-18-8-14-22(15-9-18)29-17-24(28)26-21-12-10-20(11-13-21)25-23(27)16-19-6-4-3-5-7-19/h3-15H,2,16-17H2,1H3,(H,25,27)(H,26,28). The molecule has 5 heteroatoms. The smallest absolute Gasteiger partial charge is 0.262 e. The Bertz CT molecular complexity index is 936. The van der Waals surface area contributed by atoms with Gasteiger partial charge in [0.1, 0.15) is 5.75 Å². The highest BCUT2D eigenvalue weighted by molar-refractivity contribution is 5.94. The average molecular weight is 388 g/mol. The highest BCUT2D eigenvalue weighted by atomic mass is 16.5. The molecule has 0 bridgehead atoms. The number of hydrogen-bond donors (Lipinski definition) is 2. The van der Waals surface area contributed by atoms with E-state index in [1.165, 1.54) is 5.56 Å². The maximum absolute atomic E-state index is 12.1. The van der Waals surface area contributed by atoms with Gasteiger partial charge in [-0.3, -0.25) is 9.59 Å². The van der Waals surface area contributed by atoms with Crippen LogP contribution in [0.2, 0.25) is 0 Å². The Morgan fingerprint density at radius 3 is 1.90 bits per heavy atom. The Hall–Kier alpha value is -3.60. The van der Waals surface area contributed by atoms with Gasteiger partial charge in [-0.05, 0) is 53.9 Å². The van der Waals surface area contributed by atoms with Gasteiger partial charge in [-0.2, -0.15) is 0 Å². The van der Waals surface area contributed by atoms with Crippen molar-refractivity contribution in [1.29, 1.82) is 0 Å². The molecule has 0 fully saturated rings. The van der Waals surface area contributed by atoms with Gasteiger partial charge in [0.05, 0.1) is 6.42 Å². The summed E-state index contributed by atoms with van der Waals surface area (Å²) in [6, 6.07) is 24.2. The Kier molecular flexibility index (Phi) is 7.00. The van der Waals surface area contributed by atoms with Crippen LogP contribution in [0.1, 0.15) is 18.1 Å². The average Bonchev–Trinajstić information content (AvgIpc) is 2.75. The molecule has 3 aromatic carbocycles. The van der Waals surface area contributed by atoms with Crippen molar-refractivity contribution in [3.05, 3.63) is 90.0 Å². The zero-order valence-electron chi connectivity index (χ0n) is 16.4. The summed E-state index contributed by atoms with van der Waals surface area (Å²) >= 11 is 0. The molecule has 2 N–H and O–H groups in total. The molecule has 0 saturated heterocycles. The number of nitrogens with one attached hydrogen (secondary N) is 2. The molecule has 0 heterocycles. The lowest BCUT2D eigenvalue weighted by Crippen LogP contribution is -2.20. The monoisotopic (exact) mass is 388 g/mol. The van der Waals surface area contributed by atoms with E-state index < -0.39 is 0 Å². The first-order valence-electron chi connectivity index (χ1n) is 9.58. The van der Waals surface area contributed by atoms with E-state index in [9.17, 15) is 9.59 Å². The number of carbonyl (C=O) groups is 2. The van der Waals surface area contributed by atoms with Crippen molar-refractivity contribution in [2.45, 2.75) is 19.8 Å². The van der Waals surface area contributed by atoms with Gasteiger partial charge in [0.2, 0.25) is 5.91 Å². The van der Waals surface area contributed by atoms with Gasteiger partial charge >= 0.3 is 0 Å². The van der Waals surface area contributed by atoms with Gasteiger partial charge in [0, 0.05) is 11.4 Å². The quantitative estimate of drug-likeness (QED) is 0.599. The predicted octanol–water partition coefficient (Wildman–Crippen LogP) is 4.45. The maximum atomic E-state index is 12.1. The molecule has 2 amide bonds. The number of amides is 2. The number of benzene rings is 3. The van der Waals surface area contributed by atoms with E-state index in [1.807, 2.05) is 54.6 Å². The number of ether oxygens (including phenoxy) is 1. The van der Waals surface area contributed by atoms with Crippen molar-refractivity contribution in [3.63, 3.8) is 0 Å². The summed E-state index contributed by atoms with van der Waals surface area (Å²) in [6.45, 7) is 2.02. The van der Waals surface area contributed by atoms with Crippen LogP contribution in [0.3, 0.4) is 0 Å². The molecule has 0 aliphatic heterocycles. The minimum Gasteiger partial charge on any atom is -0.484 e. The van der Waals surface area contributed by atoms with E-state index in [0.29, 0.717) is 23.5 Å². The molecule has 148 valence electrons. The number of carbonyl (C=O) groups excluding carboxylic acids is 2. The van der Waals surface area contributed by atoms with E-state index >= 15 is 0 Å². The van der Waals surface area contributed by atoms with Crippen LogP contribution in [-0.2, 0) is 22.4 Å². The summed E-state index contributed by atoms with van der Waals surface area (Å²) in [7, 11) is 0. The summed E-state index contributed by atoms with van der Waals surface area (Å²) in [4.78, 5) is 24.2. The largest absolute Gasteiger partial charge is 0.484 e. The van der Waals surface area contributed by atoms with Crippen molar-refractivity contribution in [3.8, 4) is 5.75 Å². The molecule has 0 radical (unpaired) electrons. The van der Waals surface area contributed by atoms with Crippen LogP contribution < -0.4 is 15.4 Å². The lowest BCUT2D eigenvalue weighted by atomic mass is 10.1. The van der Waals surface area contributed by atoms with Crippen molar-refractivity contribution in [2.75, 3.05) is 17.2 Å². The van der Waals surface area contributed by atoms with Crippen LogP contribution in [0, 0.1) is 0 Å². The molecule has 0 aliphatic carbocycles. The molecule has 0 aromatic heterocycles. The Morgan fingerprint density at radius 1 is 0.724 bits per heavy atom. The number of aryl methyl sites for hydroxylation is 1. The van der Waals surface area contributed by atoms with Gasteiger partial charge in [0.15, 0.2) is 6.61 Å². The zero-order chi connectivity index (χ0) is 20.5. The molecular weight excluding hydrogens is 364 g/mol. The second-order valence-electron chi connectivity index (χ2n) is 6.62. The minimum atomic E-state index is -0.245. The van der Waals surface area contributed by atoms with Crippen LogP contribution in [0.15, 0.2) is 78.9 Å². The Labute approximate surface area is 170 Å². The van der Waals surface area contributed by atoms with E-state index in [2.05, 4.69) is 17.6 Å². The van der Waals surface area contributed by atoms with E-state index in [-0.39, 0.29) is 18.4 Å². The normalized spacial score (nSPS) is 10.2. The lowest BCUT2D eigenvalue weighted by Gasteiger charge is -2.09. The van der Waals surface area contributed by atoms with Gasteiger partial charge in [-0.15, -0.1) is 0 Å². The number of rotatable bonds is 8. The number of hydrogen-bond acceptors (Lipinski definition) is 3. The van der Waals surface area contributed by atoms with Gasteiger partial charge in [-0.1, -0.05) is 49.4 Å². The van der Waals surface area contributed by atoms with Gasteiger partial charge < -0.3 is 15.4 Å². The first-order valence-corrected chi connectivity index (χ1v) is 9.58. The summed E-state index contributed by atoms with van der Waals surface area (Å²) in [5.41, 5.74) is 3.49. The molecule has 29 heavy (non-hydrogen) atoms. The molecule has 5 nitrogen and oxygen atoms in total. The summed E-state index contributed by atoms with van der Waals surface area (Å²) < 4.78 is 5.50. The van der Waals surface area contributed by atoms with E-state index in [0.717, 1.165) is 12.0 Å². The topological polar surface area (TPSA) is 67.4 Å². The molecule has 0 atom stereocenters. The second kappa shape index (κ2) is 10.1. The van der Waals surface area contributed by atoms with Crippen LogP contribution in [0.5, 0.6) is 5.75 Å². The fourth-order valence-corrected chi connectivity index (χ4v) is 2.79. The van der Waals surface area contributed by atoms with Gasteiger partial charge in [-0.25, -0.2) is 0 Å². The molecule has 3 aromatic rings. The zero-order valence-corrected chi connectivity index (χ0v) is 16.4. The Balaban J connectivity index is 1.45. The Morgan fingerprint density at radius 2 is 1.31 bits per heavy atom. The molecule has 0 aliphatic rings. The molecule has 0 spiro atoms. The van der Waals surface area contributed by atoms with Gasteiger partial charge in [0.25, 0.3) is 5.91 Å². The highest BCUT2D eigenvalue weighted by Gasteiger charge is 2.06. The fourth-order valence-electron chi connectivity index (χ4n) is 2.79. The summed E-state index contributed by atoms with van der Waals surface area (Å²) in [5, 5.41) is 5.63. The summed E-state index contributed by atoms with van der Waals surface area (Å²) in [6.07, 6.45) is 1.28. The summed E-state index contributed by atoms with van der Waals surface area (Å²) in [5.74, 6) is 0.328. The molecule has 0 unspecified atom stereocenters. The van der Waals surface area contributed by atoms with E-state index in [4.69, 9.17) is 4.74 Å². The predicted molar refractivity (Wildman–Crippen MR) is 115 cm³/mol. The SMILES string of the molecule is CCc1ccc(OCC(=O)Nc2ccc(NC(=O)Cc3ccccc3)cc2)cc1. The van der Waals surface area contributed by atoms with Crippen molar-refractivity contribution in [2.24, 2.45) is 0 Å².